The fourth-order valence-corrected chi connectivity index (χ4v) is 9.21. The van der Waals surface area contributed by atoms with Gasteiger partial charge in [-0.05, 0) is 81.0 Å². The molecule has 2 heterocycles. The average Bonchev–Trinajstić information content (AvgIpc) is 3.63. The molecular formula is C31H38N2O3. The highest BCUT2D eigenvalue weighted by atomic mass is 16.5. The second kappa shape index (κ2) is 7.49. The maximum absolute atomic E-state index is 12.8. The van der Waals surface area contributed by atoms with E-state index in [1.54, 1.807) is 7.11 Å². The lowest BCUT2D eigenvalue weighted by Crippen LogP contribution is -2.80. The molecular weight excluding hydrogens is 448 g/mol. The summed E-state index contributed by atoms with van der Waals surface area (Å²) in [4.78, 5) is 2.66. The topological polar surface area (TPSA) is 54.0 Å². The first-order valence-corrected chi connectivity index (χ1v) is 14.2. The van der Waals surface area contributed by atoms with Crippen LogP contribution in [-0.4, -0.2) is 54.0 Å². The molecule has 3 saturated carbocycles. The number of hydrogen-bond donors (Lipinski definition) is 2. The van der Waals surface area contributed by atoms with Crippen LogP contribution in [0.3, 0.4) is 0 Å². The van der Waals surface area contributed by atoms with Gasteiger partial charge in [0.25, 0.3) is 0 Å². The van der Waals surface area contributed by atoms with Gasteiger partial charge in [-0.2, -0.15) is 0 Å². The summed E-state index contributed by atoms with van der Waals surface area (Å²) in [7, 11) is 1.75. The van der Waals surface area contributed by atoms with Gasteiger partial charge in [0.05, 0.1) is 18.1 Å². The number of ether oxygens (including phenoxy) is 2. The Hall–Kier alpha value is -2.08. The van der Waals surface area contributed by atoms with E-state index < -0.39 is 5.60 Å². The number of rotatable bonds is 6. The SMILES string of the molecule is COc1ccc2c3c1O[C@H]1[C@@]4(CC[C@@H]4NCc4ccccc4)CC[C@@]4(O)[C@@H](C2)N(CC2CC2)CC[C@]314. The number of hydrogen-bond acceptors (Lipinski definition) is 5. The quantitative estimate of drug-likeness (QED) is 0.641. The van der Waals surface area contributed by atoms with E-state index in [2.05, 4.69) is 52.7 Å². The summed E-state index contributed by atoms with van der Waals surface area (Å²) in [6.45, 7) is 3.10. The third kappa shape index (κ3) is 2.67. The minimum absolute atomic E-state index is 0.00157. The van der Waals surface area contributed by atoms with E-state index in [4.69, 9.17) is 9.47 Å². The van der Waals surface area contributed by atoms with Crippen molar-refractivity contribution >= 4 is 0 Å². The van der Waals surface area contributed by atoms with E-state index in [1.807, 2.05) is 0 Å². The molecule has 1 saturated heterocycles. The molecule has 4 aliphatic carbocycles. The van der Waals surface area contributed by atoms with E-state index in [1.165, 1.54) is 42.4 Å². The molecule has 190 valence electrons. The van der Waals surface area contributed by atoms with Crippen LogP contribution in [-0.2, 0) is 18.4 Å². The second-order valence-electron chi connectivity index (χ2n) is 12.6. The van der Waals surface area contributed by atoms with Crippen molar-refractivity contribution in [2.45, 2.75) is 87.1 Å². The molecule has 2 N–H and O–H groups in total. The predicted molar refractivity (Wildman–Crippen MR) is 138 cm³/mol. The standard InChI is InChI=1S/C31H38N2O3/c1-35-23-10-9-22-17-25-31(34)14-13-29(12-11-24(29)32-18-20-5-3-2-4-6-20)28-30(31,26(22)27(23)36-28)15-16-33(25)19-21-7-8-21/h2-6,9-10,21,24-25,28,32,34H,7-8,11-19H2,1H3/t24-,25+,28-,29-,30-,31+/m0/s1. The number of nitrogens with one attached hydrogen (secondary N) is 1. The monoisotopic (exact) mass is 486 g/mol. The highest BCUT2D eigenvalue weighted by molar-refractivity contribution is 5.63. The number of methoxy groups -OCH3 is 1. The minimum atomic E-state index is -0.736. The van der Waals surface area contributed by atoms with E-state index >= 15 is 0 Å². The van der Waals surface area contributed by atoms with Gasteiger partial charge in [-0.1, -0.05) is 36.4 Å². The third-order valence-corrected chi connectivity index (χ3v) is 11.2. The number of fused-ring (bicyclic) bond motifs is 1. The molecule has 36 heavy (non-hydrogen) atoms. The van der Waals surface area contributed by atoms with Crippen LogP contribution in [0.5, 0.6) is 11.5 Å². The van der Waals surface area contributed by atoms with Crippen LogP contribution in [0.2, 0.25) is 0 Å². The van der Waals surface area contributed by atoms with E-state index in [-0.39, 0.29) is 23.0 Å². The summed E-state index contributed by atoms with van der Waals surface area (Å²) < 4.78 is 12.9. The normalized spacial score (nSPS) is 39.9. The zero-order valence-electron chi connectivity index (χ0n) is 21.3. The van der Waals surface area contributed by atoms with Gasteiger partial charge in [0, 0.05) is 36.2 Å². The molecule has 2 aliphatic heterocycles. The third-order valence-electron chi connectivity index (χ3n) is 11.2. The van der Waals surface area contributed by atoms with Crippen LogP contribution >= 0.6 is 0 Å². The lowest BCUT2D eigenvalue weighted by Gasteiger charge is -2.69. The predicted octanol–water partition coefficient (Wildman–Crippen LogP) is 4.20. The lowest BCUT2D eigenvalue weighted by molar-refractivity contribution is -0.236. The molecule has 4 fully saturated rings. The van der Waals surface area contributed by atoms with E-state index in [0.717, 1.165) is 62.7 Å². The Balaban J connectivity index is 1.21. The fourth-order valence-electron chi connectivity index (χ4n) is 9.21. The summed E-state index contributed by atoms with van der Waals surface area (Å²) in [5.41, 5.74) is 3.00. The van der Waals surface area contributed by atoms with Crippen molar-refractivity contribution in [2.75, 3.05) is 20.2 Å². The first kappa shape index (κ1) is 22.0. The van der Waals surface area contributed by atoms with Crippen molar-refractivity contribution in [2.24, 2.45) is 11.3 Å². The van der Waals surface area contributed by atoms with Crippen molar-refractivity contribution in [1.29, 1.82) is 0 Å². The summed E-state index contributed by atoms with van der Waals surface area (Å²) >= 11 is 0. The van der Waals surface area contributed by atoms with Crippen LogP contribution in [0.25, 0.3) is 0 Å². The number of benzene rings is 2. The van der Waals surface area contributed by atoms with Gasteiger partial charge in [0.1, 0.15) is 6.10 Å². The molecule has 5 nitrogen and oxygen atoms in total. The molecule has 6 aliphatic rings. The van der Waals surface area contributed by atoms with Crippen molar-refractivity contribution in [3.05, 3.63) is 59.2 Å². The molecule has 0 unspecified atom stereocenters. The Morgan fingerprint density at radius 3 is 2.67 bits per heavy atom. The Labute approximate surface area is 214 Å². The molecule has 0 aromatic heterocycles. The molecule has 5 heteroatoms. The Kier molecular flexibility index (Phi) is 4.57. The largest absolute Gasteiger partial charge is 0.493 e. The Morgan fingerprint density at radius 2 is 1.92 bits per heavy atom. The van der Waals surface area contributed by atoms with Crippen LogP contribution in [0.1, 0.15) is 61.6 Å². The van der Waals surface area contributed by atoms with Crippen LogP contribution in [0.4, 0.5) is 0 Å². The summed E-state index contributed by atoms with van der Waals surface area (Å²) in [5.74, 6) is 2.60. The number of nitrogens with zero attached hydrogens (tertiary/aromatic N) is 1. The van der Waals surface area contributed by atoms with Crippen molar-refractivity contribution in [1.82, 2.24) is 10.2 Å². The average molecular weight is 487 g/mol. The number of piperidine rings is 1. The second-order valence-corrected chi connectivity index (χ2v) is 12.6. The lowest BCUT2D eigenvalue weighted by atomic mass is 9.40. The summed E-state index contributed by atoms with van der Waals surface area (Å²) in [5, 5.41) is 16.8. The Bertz CT molecular complexity index is 1200. The zero-order valence-corrected chi connectivity index (χ0v) is 21.3. The van der Waals surface area contributed by atoms with Crippen LogP contribution in [0.15, 0.2) is 42.5 Å². The Morgan fingerprint density at radius 1 is 1.06 bits per heavy atom. The molecule has 0 radical (unpaired) electrons. The van der Waals surface area contributed by atoms with Gasteiger partial charge >= 0.3 is 0 Å². The minimum Gasteiger partial charge on any atom is -0.493 e. The van der Waals surface area contributed by atoms with Crippen molar-refractivity contribution in [3.8, 4) is 11.5 Å². The maximum atomic E-state index is 12.8. The molecule has 6 atom stereocenters. The molecule has 2 bridgehead atoms. The number of aliphatic hydroxyl groups is 1. The van der Waals surface area contributed by atoms with E-state index in [0.29, 0.717) is 6.04 Å². The van der Waals surface area contributed by atoms with Gasteiger partial charge in [-0.15, -0.1) is 0 Å². The molecule has 0 amide bonds. The maximum Gasteiger partial charge on any atom is 0.165 e. The van der Waals surface area contributed by atoms with E-state index in [9.17, 15) is 5.11 Å². The molecule has 8 rings (SSSR count). The van der Waals surface area contributed by atoms with Gasteiger partial charge in [-0.25, -0.2) is 0 Å². The summed E-state index contributed by atoms with van der Waals surface area (Å²) in [6.07, 6.45) is 8.88. The van der Waals surface area contributed by atoms with Crippen LogP contribution < -0.4 is 14.8 Å². The molecule has 2 aromatic rings. The molecule has 2 aromatic carbocycles. The highest BCUT2D eigenvalue weighted by Crippen LogP contribution is 2.71. The van der Waals surface area contributed by atoms with Gasteiger partial charge in [-0.3, -0.25) is 4.90 Å². The summed E-state index contributed by atoms with van der Waals surface area (Å²) in [6, 6.07) is 15.7. The van der Waals surface area contributed by atoms with Gasteiger partial charge in [0.15, 0.2) is 11.5 Å². The van der Waals surface area contributed by atoms with Gasteiger partial charge in [0.2, 0.25) is 0 Å². The first-order valence-electron chi connectivity index (χ1n) is 14.2. The number of likely N-dealkylation sites (tertiary alicyclic amines) is 1. The molecule has 2 spiro atoms. The van der Waals surface area contributed by atoms with Crippen molar-refractivity contribution in [3.63, 3.8) is 0 Å². The van der Waals surface area contributed by atoms with Crippen molar-refractivity contribution < 1.29 is 14.6 Å². The zero-order chi connectivity index (χ0) is 24.1. The fraction of sp³-hybridized carbons (Fsp3) is 0.613. The van der Waals surface area contributed by atoms with Crippen LogP contribution in [0, 0.1) is 11.3 Å². The van der Waals surface area contributed by atoms with Gasteiger partial charge < -0.3 is 19.9 Å². The first-order chi connectivity index (χ1) is 17.6. The smallest absolute Gasteiger partial charge is 0.165 e. The highest BCUT2D eigenvalue weighted by Gasteiger charge is 2.77.